The van der Waals surface area contributed by atoms with Gasteiger partial charge in [0.25, 0.3) is 0 Å². The molecule has 17 rings (SSSR count). The molecule has 2 saturated heterocycles. The second kappa shape index (κ2) is 32.1. The highest BCUT2D eigenvalue weighted by Crippen LogP contribution is 2.83. The van der Waals surface area contributed by atoms with Gasteiger partial charge in [0, 0.05) is 32.5 Å². The normalized spacial score (nSPS) is 56.2. The van der Waals surface area contributed by atoms with E-state index in [4.69, 9.17) is 23.7 Å². The molecule has 42 atom stereocenters. The summed E-state index contributed by atoms with van der Waals surface area (Å²) in [7, 11) is 1.83. The van der Waals surface area contributed by atoms with E-state index in [2.05, 4.69) is 143 Å². The van der Waals surface area contributed by atoms with Crippen LogP contribution in [0.2, 0.25) is 0 Å². The van der Waals surface area contributed by atoms with Gasteiger partial charge in [-0.2, -0.15) is 0 Å². The lowest BCUT2D eigenvalue weighted by atomic mass is 9.32. The minimum absolute atomic E-state index is 0.0664. The quantitative estimate of drug-likeness (QED) is 0.0437. The summed E-state index contributed by atoms with van der Waals surface area (Å²) in [6.45, 7) is 63.8. The molecule has 0 radical (unpaired) electrons. The molecule has 692 valence electrons. The fraction of sp³-hybridized carbons (Fsp3) is 0.886. The van der Waals surface area contributed by atoms with Crippen molar-refractivity contribution in [1.82, 2.24) is 0 Å². The third kappa shape index (κ3) is 12.9. The largest absolute Gasteiger partial charge is 0.512 e. The molecule has 0 bridgehead atoms. The number of rotatable bonds is 14. The molecule has 15 aliphatic carbocycles. The van der Waals surface area contributed by atoms with E-state index in [0.29, 0.717) is 101 Å². The van der Waals surface area contributed by atoms with Crippen LogP contribution in [0.1, 0.15) is 303 Å². The fourth-order valence-electron chi connectivity index (χ4n) is 37.8. The first-order valence-corrected chi connectivity index (χ1v) is 49.1. The Labute approximate surface area is 735 Å². The fourth-order valence-corrected chi connectivity index (χ4v) is 37.8. The molecule has 0 spiro atoms. The standard InChI is InChI=1S/C42H68O11.C32H52O3.C31H50O3/c1-21(2)24-11-16-42(23(4)44)18-17-40(7)25(30(24)42)9-10-28-38(5)14-13-29(39(6,20-43)27(38)12-15-41(28,40)8)52-37-35(32(47)26(45)19-50-37)53-36-34(49)33(48)31(46)22(3)51-36;1-20(2)22-11-16-32(21(3)35-8)18-17-30(6)23(27(22)32)9-10-25-28(4)14-13-26(34)29(5,19-33)24(28)12-15-31(25,30)7;1-19(2)21-10-15-31(20(3)33)17-16-29(6)22(26(21)31)8-9-24-27(4)13-12-25(34)28(5,18-32)23(27)11-14-30(24,29)7/h22,24-37,43-49H,1,4,9-20H2,2-3,5-8H3;22-27,33-34H,1,3,9-19H2,2,4-8H3;21-26,32-34H,1,3,8-18H2,2,4-7H3/t22-,24-,25?,26-,27+,28?,29-,30?,31-,32-,33+,34+,35+,36?,37-,38-,39-,40+,41+,42+;22-,23?,24+,25?,26-,27?,28-,29-,30+,31+,32+;21-,22?,23+,24?,25-,26?,27-,28-,29+,30+,31+/m000/s1. The van der Waals surface area contributed by atoms with Crippen LogP contribution in [0.5, 0.6) is 0 Å². The summed E-state index contributed by atoms with van der Waals surface area (Å²) in [5, 5.41) is 129. The van der Waals surface area contributed by atoms with Gasteiger partial charge in [-0.05, 0) is 358 Å². The van der Waals surface area contributed by atoms with Gasteiger partial charge in [-0.1, -0.05) is 139 Å². The van der Waals surface area contributed by atoms with Crippen molar-refractivity contribution in [1.29, 1.82) is 0 Å². The molecule has 2 heterocycles. The Hall–Kier alpha value is -2.72. The average molecular weight is 1700 g/mol. The first-order valence-electron chi connectivity index (χ1n) is 49.1. The van der Waals surface area contributed by atoms with E-state index >= 15 is 0 Å². The highest BCUT2D eigenvalue weighted by molar-refractivity contribution is 5.31. The first-order chi connectivity index (χ1) is 57.0. The van der Waals surface area contributed by atoms with E-state index in [0.717, 1.165) is 121 Å². The Bertz CT molecular complexity index is 3950. The number of hydrogen-bond acceptors (Lipinski definition) is 17. The lowest BCUT2D eigenvalue weighted by Gasteiger charge is -2.73. The SMILES string of the molecule is C=C(C)[C@@H]1CC[C@]2(C(=C)O)CC[C@]3(C)C(CCC4[C@@]5(C)CC[C@H](O)[C@@](C)(CO)[C@@H]5CC[C@]43C)C12.C=C(C)[C@@H]1CC[C@]2(C(=C)O)CC[C@]3(C)C(CCC4[C@@]5(C)CC[C@H](O[C@@H]6OC[C@H](O)[C@H](O)[C@H]6OC6O[C@@H](C)[C@H](O)[C@@H](O)[C@H]6O)[C@@](C)(CO)[C@@H]5CC[C@]43C)C12.C=C(C)[C@@H]1CC[C@]2(C(=C)OC)CC[C@]3(C)C(CCC4[C@@]5(C)CC[C@H](O)[C@@](C)(CO)[C@@H]5CC[C@]43C)C12. The predicted octanol–water partition coefficient (Wildman–Crippen LogP) is 18.6. The zero-order valence-electron chi connectivity index (χ0n) is 78.8. The Morgan fingerprint density at radius 3 is 1.09 bits per heavy atom. The number of ether oxygens (including phenoxy) is 5. The second-order valence-corrected chi connectivity index (χ2v) is 48.9. The molecule has 17 fully saturated rings. The predicted molar refractivity (Wildman–Crippen MR) is 477 cm³/mol. The number of methoxy groups -OCH3 is 1. The average Bonchev–Trinajstić information content (AvgIpc) is 1.17. The van der Waals surface area contributed by atoms with Crippen LogP contribution in [-0.4, -0.2) is 168 Å². The summed E-state index contributed by atoms with van der Waals surface area (Å²) in [6.07, 6.45) is 19.4. The van der Waals surface area contributed by atoms with Crippen molar-refractivity contribution >= 4 is 0 Å². The van der Waals surface area contributed by atoms with Gasteiger partial charge in [0.15, 0.2) is 12.6 Å². The van der Waals surface area contributed by atoms with Gasteiger partial charge >= 0.3 is 0 Å². The maximum atomic E-state index is 11.3. The molecule has 2 aliphatic heterocycles. The lowest BCUT2D eigenvalue weighted by molar-refractivity contribution is -0.366. The van der Waals surface area contributed by atoms with Crippen LogP contribution < -0.4 is 0 Å². The van der Waals surface area contributed by atoms with Crippen molar-refractivity contribution in [2.24, 2.45) is 170 Å². The molecule has 0 aromatic rings. The molecule has 10 unspecified atom stereocenters. The van der Waals surface area contributed by atoms with Crippen LogP contribution in [0.3, 0.4) is 0 Å². The van der Waals surface area contributed by atoms with E-state index in [1.807, 2.05) is 7.11 Å². The maximum Gasteiger partial charge on any atom is 0.187 e. The van der Waals surface area contributed by atoms with Crippen molar-refractivity contribution in [3.63, 3.8) is 0 Å². The third-order valence-electron chi connectivity index (χ3n) is 45.3. The molecule has 15 saturated carbocycles. The molecule has 0 amide bonds. The van der Waals surface area contributed by atoms with Crippen LogP contribution in [0.25, 0.3) is 0 Å². The number of hydrogen-bond donors (Lipinski definition) is 12. The maximum absolute atomic E-state index is 11.3. The summed E-state index contributed by atoms with van der Waals surface area (Å²) in [6, 6.07) is 0. The van der Waals surface area contributed by atoms with Gasteiger partial charge < -0.3 is 85.0 Å². The third-order valence-corrected chi connectivity index (χ3v) is 45.3. The van der Waals surface area contributed by atoms with Gasteiger partial charge in [-0.3, -0.25) is 0 Å². The molecule has 0 aromatic heterocycles. The van der Waals surface area contributed by atoms with E-state index in [-0.39, 0.29) is 114 Å². The highest BCUT2D eigenvalue weighted by atomic mass is 16.8. The zero-order valence-corrected chi connectivity index (χ0v) is 78.8. The number of aliphatic hydroxyl groups is 12. The van der Waals surface area contributed by atoms with Crippen LogP contribution in [0.4, 0.5) is 0 Å². The monoisotopic (exact) mass is 1700 g/mol. The highest BCUT2D eigenvalue weighted by Gasteiger charge is 2.77. The zero-order chi connectivity index (χ0) is 89.1. The summed E-state index contributed by atoms with van der Waals surface area (Å²) >= 11 is 0. The van der Waals surface area contributed by atoms with Crippen molar-refractivity contribution < 1.29 is 85.0 Å². The van der Waals surface area contributed by atoms with Crippen molar-refractivity contribution in [2.75, 3.05) is 33.5 Å². The molecular weight excluding hydrogens is 1530 g/mol. The molecule has 12 N–H and O–H groups in total. The molecule has 122 heavy (non-hydrogen) atoms. The summed E-state index contributed by atoms with van der Waals surface area (Å²) < 4.78 is 30.3. The van der Waals surface area contributed by atoms with Crippen LogP contribution in [0, 0.1) is 170 Å². The van der Waals surface area contributed by atoms with Gasteiger partial charge in [0.2, 0.25) is 0 Å². The van der Waals surface area contributed by atoms with Gasteiger partial charge in [-0.25, -0.2) is 0 Å². The van der Waals surface area contributed by atoms with Crippen molar-refractivity contribution in [3.05, 3.63) is 73.5 Å². The molecule has 17 heteroatoms. The van der Waals surface area contributed by atoms with E-state index < -0.39 is 72.9 Å². The molecule has 17 aliphatic rings. The van der Waals surface area contributed by atoms with E-state index in [9.17, 15) is 61.3 Å². The Morgan fingerprint density at radius 1 is 0.361 bits per heavy atom. The molecule has 17 nitrogen and oxygen atoms in total. The van der Waals surface area contributed by atoms with Crippen LogP contribution in [0.15, 0.2) is 73.5 Å². The van der Waals surface area contributed by atoms with Gasteiger partial charge in [0.05, 0.1) is 75.2 Å². The molecular formula is C105H170O17. The van der Waals surface area contributed by atoms with Gasteiger partial charge in [-0.15, -0.1) is 0 Å². The summed E-state index contributed by atoms with van der Waals surface area (Å²) in [5.74, 6) is 9.03. The summed E-state index contributed by atoms with van der Waals surface area (Å²) in [5.41, 5.74) is 3.70. The van der Waals surface area contributed by atoms with Gasteiger partial charge in [0.1, 0.15) is 36.6 Å². The van der Waals surface area contributed by atoms with E-state index in [1.54, 1.807) is 6.92 Å². The lowest BCUT2D eigenvalue weighted by Crippen LogP contribution is -2.68. The Kier molecular flexibility index (Phi) is 24.7. The van der Waals surface area contributed by atoms with Crippen molar-refractivity contribution in [3.8, 4) is 0 Å². The van der Waals surface area contributed by atoms with Crippen LogP contribution in [-0.2, 0) is 23.7 Å². The van der Waals surface area contributed by atoms with Crippen molar-refractivity contribution in [2.45, 2.75) is 377 Å². The first kappa shape index (κ1) is 93.9. The van der Waals surface area contributed by atoms with E-state index in [1.165, 1.54) is 87.3 Å². The Morgan fingerprint density at radius 2 is 0.721 bits per heavy atom. The van der Waals surface area contributed by atoms with Crippen LogP contribution >= 0.6 is 0 Å². The summed E-state index contributed by atoms with van der Waals surface area (Å²) in [4.78, 5) is 0. The number of allylic oxidation sites excluding steroid dienone is 6. The molecule has 0 aromatic carbocycles. The minimum Gasteiger partial charge on any atom is -0.512 e. The number of fused-ring (bicyclic) bond motifs is 21. The minimum atomic E-state index is -1.61. The second-order valence-electron chi connectivity index (χ2n) is 48.9. The topological polar surface area (TPSA) is 289 Å². The number of aliphatic hydroxyl groups excluding tert-OH is 12. The Balaban J connectivity index is 0.000000147. The smallest absolute Gasteiger partial charge is 0.187 e.